The summed E-state index contributed by atoms with van der Waals surface area (Å²) in [6.45, 7) is 1.27. The molecule has 0 saturated heterocycles. The van der Waals surface area contributed by atoms with Crippen molar-refractivity contribution in [1.82, 2.24) is 0 Å². The van der Waals surface area contributed by atoms with Crippen molar-refractivity contribution >= 4 is 9.76 Å². The molecule has 3 heteroatoms. The lowest BCUT2D eigenvalue weighted by Gasteiger charge is -2.23. The summed E-state index contributed by atoms with van der Waals surface area (Å²) in [5.41, 5.74) is 0. The molecule has 0 fully saturated rings. The fraction of sp³-hybridized carbons (Fsp3) is 1.00. The molecule has 0 aromatic rings. The Bertz CT molecular complexity index is 80.2. The van der Waals surface area contributed by atoms with Gasteiger partial charge in [-0.1, -0.05) is 0 Å². The molecule has 0 unspecified atom stereocenters. The van der Waals surface area contributed by atoms with Crippen LogP contribution in [-0.2, 0) is 4.43 Å². The zero-order valence-corrected chi connectivity index (χ0v) is 9.10. The Hall–Kier alpha value is 0.137. The van der Waals surface area contributed by atoms with Gasteiger partial charge in [-0.2, -0.15) is 0 Å². The van der Waals surface area contributed by atoms with E-state index in [0.29, 0.717) is 0 Å². The van der Waals surface area contributed by atoms with E-state index >= 15 is 0 Å². The lowest BCUT2D eigenvalue weighted by molar-refractivity contribution is -0.870. The maximum Gasteiger partial charge on any atom is 0.161 e. The van der Waals surface area contributed by atoms with Crippen molar-refractivity contribution in [1.29, 1.82) is 0 Å². The van der Waals surface area contributed by atoms with E-state index in [4.69, 9.17) is 4.43 Å². The van der Waals surface area contributed by atoms with Crippen LogP contribution in [-0.4, -0.2) is 49.0 Å². The summed E-state index contributed by atoms with van der Waals surface area (Å²) in [7, 11) is 8.35. The summed E-state index contributed by atoms with van der Waals surface area (Å²) in [4.78, 5) is 0. The predicted molar refractivity (Wildman–Crippen MR) is 47.9 cm³/mol. The van der Waals surface area contributed by atoms with Crippen LogP contribution < -0.4 is 0 Å². The summed E-state index contributed by atoms with van der Waals surface area (Å²) < 4.78 is 6.17. The average molecular weight is 162 g/mol. The van der Waals surface area contributed by atoms with E-state index in [1.807, 2.05) is 7.11 Å². The summed E-state index contributed by atoms with van der Waals surface area (Å²) in [5.74, 6) is 0. The first-order valence-corrected chi connectivity index (χ1v) is 5.43. The standard InChI is InChI=1S/C7H20NOSi/c1-8(2,3)6-5-7-10-9-4/h5-7,10H2,1-4H3/q+1. The van der Waals surface area contributed by atoms with Gasteiger partial charge in [0.1, 0.15) is 0 Å². The van der Waals surface area contributed by atoms with Crippen molar-refractivity contribution in [3.63, 3.8) is 0 Å². The fourth-order valence-corrected chi connectivity index (χ4v) is 1.55. The van der Waals surface area contributed by atoms with E-state index in [9.17, 15) is 0 Å². The number of rotatable bonds is 5. The third-order valence-corrected chi connectivity index (χ3v) is 2.62. The molecule has 0 amide bonds. The molecule has 0 aliphatic heterocycles. The molecule has 0 aromatic heterocycles. The van der Waals surface area contributed by atoms with E-state index in [0.717, 1.165) is 4.48 Å². The van der Waals surface area contributed by atoms with Gasteiger partial charge in [-0.15, -0.1) is 0 Å². The summed E-state index contributed by atoms with van der Waals surface area (Å²) in [5, 5.41) is 0. The normalized spacial score (nSPS) is 13.2. The van der Waals surface area contributed by atoms with Crippen LogP contribution in [0.1, 0.15) is 6.42 Å². The van der Waals surface area contributed by atoms with Gasteiger partial charge in [0.15, 0.2) is 9.76 Å². The van der Waals surface area contributed by atoms with E-state index in [-0.39, 0.29) is 9.76 Å². The molecule has 0 radical (unpaired) electrons. The first-order chi connectivity index (χ1) is 4.56. The van der Waals surface area contributed by atoms with Crippen LogP contribution in [0.5, 0.6) is 0 Å². The molecule has 10 heavy (non-hydrogen) atoms. The first kappa shape index (κ1) is 10.1. The molecule has 0 N–H and O–H groups in total. The number of hydrogen-bond acceptors (Lipinski definition) is 1. The molecule has 0 aromatic carbocycles. The van der Waals surface area contributed by atoms with Crippen molar-refractivity contribution in [2.24, 2.45) is 0 Å². The minimum absolute atomic E-state index is 0.157. The number of hydrogen-bond donors (Lipinski definition) is 0. The third kappa shape index (κ3) is 8.14. The zero-order valence-electron chi connectivity index (χ0n) is 7.68. The van der Waals surface area contributed by atoms with Gasteiger partial charge in [0, 0.05) is 7.11 Å². The second kappa shape index (κ2) is 4.88. The zero-order chi connectivity index (χ0) is 8.04. The number of nitrogens with zero attached hydrogens (tertiary/aromatic N) is 1. The van der Waals surface area contributed by atoms with Crippen molar-refractivity contribution in [2.45, 2.75) is 12.5 Å². The van der Waals surface area contributed by atoms with E-state index in [1.165, 1.54) is 19.0 Å². The Morgan fingerprint density at radius 2 is 1.90 bits per heavy atom. The molecule has 0 aliphatic carbocycles. The largest absolute Gasteiger partial charge is 0.427 e. The maximum absolute atomic E-state index is 5.09. The highest BCUT2D eigenvalue weighted by atomic mass is 28.2. The smallest absolute Gasteiger partial charge is 0.161 e. The Balaban J connectivity index is 3.04. The Morgan fingerprint density at radius 1 is 1.30 bits per heavy atom. The third-order valence-electron chi connectivity index (χ3n) is 1.43. The molecule has 0 aliphatic rings. The van der Waals surface area contributed by atoms with Crippen molar-refractivity contribution in [3.8, 4) is 0 Å². The van der Waals surface area contributed by atoms with Crippen molar-refractivity contribution < 1.29 is 8.91 Å². The van der Waals surface area contributed by atoms with Crippen LogP contribution in [0.2, 0.25) is 6.04 Å². The monoisotopic (exact) mass is 162 g/mol. The van der Waals surface area contributed by atoms with Crippen LogP contribution in [0.3, 0.4) is 0 Å². The molecular formula is C7H20NOSi+. The lowest BCUT2D eigenvalue weighted by Crippen LogP contribution is -2.35. The predicted octanol–water partition coefficient (Wildman–Crippen LogP) is 0.231. The second-order valence-electron chi connectivity index (χ2n) is 3.71. The van der Waals surface area contributed by atoms with Gasteiger partial charge in [-0.05, 0) is 12.5 Å². The van der Waals surface area contributed by atoms with Gasteiger partial charge in [0.2, 0.25) is 0 Å². The Labute approximate surface area is 66.7 Å². The second-order valence-corrected chi connectivity index (χ2v) is 5.41. The van der Waals surface area contributed by atoms with Crippen LogP contribution in [0, 0.1) is 0 Å². The highest BCUT2D eigenvalue weighted by molar-refractivity contribution is 6.26. The first-order valence-electron chi connectivity index (χ1n) is 3.85. The number of quaternary nitrogens is 1. The van der Waals surface area contributed by atoms with Crippen LogP contribution >= 0.6 is 0 Å². The fourth-order valence-electron chi connectivity index (χ4n) is 0.833. The maximum atomic E-state index is 5.09. The SMILES string of the molecule is CO[SiH2]CCC[N+](C)(C)C. The highest BCUT2D eigenvalue weighted by Crippen LogP contribution is 1.96. The van der Waals surface area contributed by atoms with Gasteiger partial charge >= 0.3 is 0 Å². The van der Waals surface area contributed by atoms with Crippen molar-refractivity contribution in [2.75, 3.05) is 34.8 Å². The van der Waals surface area contributed by atoms with Gasteiger partial charge in [0.25, 0.3) is 0 Å². The molecule has 0 spiro atoms. The quantitative estimate of drug-likeness (QED) is 0.319. The Kier molecular flexibility index (Phi) is 4.94. The summed E-state index contributed by atoms with van der Waals surface area (Å²) in [6, 6.07) is 1.33. The molecule has 0 rings (SSSR count). The highest BCUT2D eigenvalue weighted by Gasteiger charge is 2.04. The molecule has 2 nitrogen and oxygen atoms in total. The van der Waals surface area contributed by atoms with Crippen molar-refractivity contribution in [3.05, 3.63) is 0 Å². The molecule has 0 bridgehead atoms. The van der Waals surface area contributed by atoms with Gasteiger partial charge in [-0.25, -0.2) is 0 Å². The van der Waals surface area contributed by atoms with E-state index in [2.05, 4.69) is 21.1 Å². The van der Waals surface area contributed by atoms with Crippen LogP contribution in [0.25, 0.3) is 0 Å². The molecule has 0 saturated carbocycles. The van der Waals surface area contributed by atoms with Gasteiger partial charge < -0.3 is 8.91 Å². The van der Waals surface area contributed by atoms with Gasteiger partial charge in [-0.3, -0.25) is 0 Å². The van der Waals surface area contributed by atoms with Gasteiger partial charge in [0.05, 0.1) is 27.7 Å². The summed E-state index contributed by atoms with van der Waals surface area (Å²) >= 11 is 0. The summed E-state index contributed by atoms with van der Waals surface area (Å²) in [6.07, 6.45) is 1.32. The van der Waals surface area contributed by atoms with Crippen LogP contribution in [0.4, 0.5) is 0 Å². The Morgan fingerprint density at radius 3 is 2.30 bits per heavy atom. The molecular weight excluding hydrogens is 142 g/mol. The minimum Gasteiger partial charge on any atom is -0.427 e. The minimum atomic E-state index is -0.157. The topological polar surface area (TPSA) is 9.23 Å². The van der Waals surface area contributed by atoms with E-state index in [1.54, 1.807) is 0 Å². The molecule has 0 heterocycles. The molecule has 0 atom stereocenters. The average Bonchev–Trinajstić information content (AvgIpc) is 1.78. The van der Waals surface area contributed by atoms with E-state index < -0.39 is 0 Å². The molecule has 62 valence electrons. The lowest BCUT2D eigenvalue weighted by atomic mass is 10.4. The van der Waals surface area contributed by atoms with Crippen LogP contribution in [0.15, 0.2) is 0 Å².